The average Bonchev–Trinajstić information content (AvgIpc) is 2.93. The third-order valence-electron chi connectivity index (χ3n) is 5.47. The molecule has 30 heavy (non-hydrogen) atoms. The number of benzene rings is 2. The van der Waals surface area contributed by atoms with Gasteiger partial charge in [-0.15, -0.1) is 0 Å². The summed E-state index contributed by atoms with van der Waals surface area (Å²) < 4.78 is 28.4. The molecular weight excluding hydrogens is 420 g/mol. The van der Waals surface area contributed by atoms with E-state index in [4.69, 9.17) is 16.9 Å². The van der Waals surface area contributed by atoms with Crippen LogP contribution in [0.5, 0.6) is 0 Å². The molecular formula is C22H21ClN4O2S. The zero-order valence-electron chi connectivity index (χ0n) is 16.8. The molecule has 0 saturated carbocycles. The summed E-state index contributed by atoms with van der Waals surface area (Å²) in [7, 11) is -3.37. The highest BCUT2D eigenvalue weighted by Gasteiger charge is 2.29. The highest BCUT2D eigenvalue weighted by molar-refractivity contribution is 7.89. The van der Waals surface area contributed by atoms with Gasteiger partial charge in [-0.05, 0) is 55.7 Å². The van der Waals surface area contributed by atoms with Crippen LogP contribution in [0.15, 0.2) is 47.4 Å². The highest BCUT2D eigenvalue weighted by Crippen LogP contribution is 2.31. The molecule has 1 aliphatic heterocycles. The molecule has 1 fully saturated rings. The van der Waals surface area contributed by atoms with Gasteiger partial charge >= 0.3 is 0 Å². The van der Waals surface area contributed by atoms with E-state index in [1.54, 1.807) is 24.3 Å². The minimum Gasteiger partial charge on any atom is -0.265 e. The summed E-state index contributed by atoms with van der Waals surface area (Å²) in [6.07, 6.45) is 0.919. The fourth-order valence-corrected chi connectivity index (χ4v) is 5.39. The van der Waals surface area contributed by atoms with Crippen LogP contribution in [0, 0.1) is 25.2 Å². The molecule has 0 amide bonds. The van der Waals surface area contributed by atoms with Crippen LogP contribution in [-0.2, 0) is 16.6 Å². The SMILES string of the molecule is Cc1nn(Cc2ccc(S(=O)(=O)N3CCC3)cc2)c(C)c1-c1ccc(C#N)c(Cl)c1. The van der Waals surface area contributed by atoms with E-state index in [9.17, 15) is 8.42 Å². The molecule has 1 aromatic heterocycles. The predicted octanol–water partition coefficient (Wildman–Crippen LogP) is 4.13. The monoisotopic (exact) mass is 440 g/mol. The number of halogens is 1. The second kappa shape index (κ2) is 7.88. The van der Waals surface area contributed by atoms with Crippen LogP contribution in [-0.4, -0.2) is 35.6 Å². The van der Waals surface area contributed by atoms with Crippen molar-refractivity contribution in [1.82, 2.24) is 14.1 Å². The second-order valence-electron chi connectivity index (χ2n) is 7.41. The van der Waals surface area contributed by atoms with E-state index in [0.717, 1.165) is 34.5 Å². The first kappa shape index (κ1) is 20.6. The molecule has 154 valence electrons. The molecule has 4 rings (SSSR count). The molecule has 0 atom stereocenters. The fraction of sp³-hybridized carbons (Fsp3) is 0.273. The number of rotatable bonds is 5. The van der Waals surface area contributed by atoms with Gasteiger partial charge in [0.1, 0.15) is 6.07 Å². The van der Waals surface area contributed by atoms with Crippen molar-refractivity contribution in [2.75, 3.05) is 13.1 Å². The lowest BCUT2D eigenvalue weighted by molar-refractivity contribution is 0.309. The van der Waals surface area contributed by atoms with Crippen molar-refractivity contribution >= 4 is 21.6 Å². The van der Waals surface area contributed by atoms with Crippen molar-refractivity contribution in [3.63, 3.8) is 0 Å². The van der Waals surface area contributed by atoms with Crippen LogP contribution in [0.2, 0.25) is 5.02 Å². The lowest BCUT2D eigenvalue weighted by Gasteiger charge is -2.29. The normalized spacial score (nSPS) is 14.3. The third-order valence-corrected chi connectivity index (χ3v) is 7.69. The molecule has 3 aromatic rings. The summed E-state index contributed by atoms with van der Waals surface area (Å²) >= 11 is 6.21. The Kier molecular flexibility index (Phi) is 5.41. The zero-order chi connectivity index (χ0) is 21.5. The van der Waals surface area contributed by atoms with Crippen molar-refractivity contribution in [1.29, 1.82) is 5.26 Å². The Labute approximate surface area is 181 Å². The summed E-state index contributed by atoms with van der Waals surface area (Å²) in [4.78, 5) is 0.326. The summed E-state index contributed by atoms with van der Waals surface area (Å²) in [6, 6.07) is 14.4. The second-order valence-corrected chi connectivity index (χ2v) is 9.76. The van der Waals surface area contributed by atoms with E-state index in [2.05, 4.69) is 11.2 Å². The Bertz CT molecular complexity index is 1250. The molecule has 1 aliphatic rings. The van der Waals surface area contributed by atoms with Crippen molar-refractivity contribution in [3.8, 4) is 17.2 Å². The number of aromatic nitrogens is 2. The molecule has 0 bridgehead atoms. The Morgan fingerprint density at radius 2 is 1.83 bits per heavy atom. The van der Waals surface area contributed by atoms with E-state index >= 15 is 0 Å². The van der Waals surface area contributed by atoms with Crippen LogP contribution in [0.4, 0.5) is 0 Å². The zero-order valence-corrected chi connectivity index (χ0v) is 18.3. The van der Waals surface area contributed by atoms with Gasteiger partial charge in [0.05, 0.1) is 27.7 Å². The Hall–Kier alpha value is -2.66. The molecule has 0 radical (unpaired) electrons. The van der Waals surface area contributed by atoms with Gasteiger partial charge in [-0.25, -0.2) is 8.42 Å². The van der Waals surface area contributed by atoms with E-state index in [-0.39, 0.29) is 0 Å². The first-order valence-electron chi connectivity index (χ1n) is 9.64. The molecule has 0 N–H and O–H groups in total. The quantitative estimate of drug-likeness (QED) is 0.597. The summed E-state index contributed by atoms with van der Waals surface area (Å²) in [6.45, 7) is 5.65. The Morgan fingerprint density at radius 1 is 1.13 bits per heavy atom. The van der Waals surface area contributed by atoms with Crippen molar-refractivity contribution in [2.24, 2.45) is 0 Å². The summed E-state index contributed by atoms with van der Waals surface area (Å²) in [5, 5.41) is 14.2. The standard InChI is InChI=1S/C22H21ClN4O2S/c1-15-22(18-6-7-19(13-24)21(23)12-18)16(2)27(25-15)14-17-4-8-20(9-5-17)30(28,29)26-10-3-11-26/h4-9,12H,3,10-11,14H2,1-2H3. The van der Waals surface area contributed by atoms with Gasteiger partial charge in [-0.3, -0.25) is 4.68 Å². The van der Waals surface area contributed by atoms with Crippen LogP contribution in [0.1, 0.15) is 28.9 Å². The highest BCUT2D eigenvalue weighted by atomic mass is 35.5. The molecule has 1 saturated heterocycles. The van der Waals surface area contributed by atoms with Gasteiger partial charge in [0.25, 0.3) is 0 Å². The van der Waals surface area contributed by atoms with E-state index in [1.165, 1.54) is 4.31 Å². The number of nitrogens with zero attached hydrogens (tertiary/aromatic N) is 4. The van der Waals surface area contributed by atoms with Gasteiger partial charge in [0.2, 0.25) is 10.0 Å². The number of sulfonamides is 1. The molecule has 2 heterocycles. The van der Waals surface area contributed by atoms with Crippen LogP contribution < -0.4 is 0 Å². The lowest BCUT2D eigenvalue weighted by atomic mass is 10.0. The number of hydrogen-bond donors (Lipinski definition) is 0. The minimum absolute atomic E-state index is 0.326. The number of hydrogen-bond acceptors (Lipinski definition) is 4. The van der Waals surface area contributed by atoms with Crippen molar-refractivity contribution < 1.29 is 8.42 Å². The van der Waals surface area contributed by atoms with Gasteiger partial charge in [-0.1, -0.05) is 29.8 Å². The van der Waals surface area contributed by atoms with Crippen molar-refractivity contribution in [2.45, 2.75) is 31.7 Å². The first-order chi connectivity index (χ1) is 14.3. The lowest BCUT2D eigenvalue weighted by Crippen LogP contribution is -2.41. The maximum atomic E-state index is 12.5. The number of aryl methyl sites for hydroxylation is 1. The number of nitriles is 1. The Morgan fingerprint density at radius 3 is 2.40 bits per heavy atom. The average molecular weight is 441 g/mol. The van der Waals surface area contributed by atoms with Gasteiger partial charge in [0, 0.05) is 24.3 Å². The van der Waals surface area contributed by atoms with Crippen LogP contribution in [0.3, 0.4) is 0 Å². The fourth-order valence-electron chi connectivity index (χ4n) is 3.65. The van der Waals surface area contributed by atoms with E-state index < -0.39 is 10.0 Å². The van der Waals surface area contributed by atoms with Gasteiger partial charge in [0.15, 0.2) is 0 Å². The van der Waals surface area contributed by atoms with Crippen LogP contribution >= 0.6 is 11.6 Å². The molecule has 0 spiro atoms. The summed E-state index contributed by atoms with van der Waals surface area (Å²) in [5.74, 6) is 0. The maximum absolute atomic E-state index is 12.5. The smallest absolute Gasteiger partial charge is 0.243 e. The minimum atomic E-state index is -3.37. The van der Waals surface area contributed by atoms with E-state index in [0.29, 0.717) is 35.1 Å². The summed E-state index contributed by atoms with van der Waals surface area (Å²) in [5.41, 5.74) is 5.15. The molecule has 0 aliphatic carbocycles. The maximum Gasteiger partial charge on any atom is 0.243 e. The molecule has 2 aromatic carbocycles. The van der Waals surface area contributed by atoms with Crippen molar-refractivity contribution in [3.05, 3.63) is 70.0 Å². The van der Waals surface area contributed by atoms with Gasteiger partial charge in [-0.2, -0.15) is 14.7 Å². The molecule has 6 nitrogen and oxygen atoms in total. The topological polar surface area (TPSA) is 79.0 Å². The largest absolute Gasteiger partial charge is 0.265 e. The third kappa shape index (κ3) is 3.63. The van der Waals surface area contributed by atoms with Gasteiger partial charge < -0.3 is 0 Å². The molecule has 8 heteroatoms. The first-order valence-corrected chi connectivity index (χ1v) is 11.5. The predicted molar refractivity (Wildman–Crippen MR) is 116 cm³/mol. The van der Waals surface area contributed by atoms with Crippen LogP contribution in [0.25, 0.3) is 11.1 Å². The Balaban J connectivity index is 1.60. The van der Waals surface area contributed by atoms with E-state index in [1.807, 2.05) is 36.7 Å². The molecule has 0 unspecified atom stereocenters.